The number of hydrogen-bond donors (Lipinski definition) is 9. The van der Waals surface area contributed by atoms with Crippen LogP contribution in [0.15, 0.2) is 36.3 Å². The van der Waals surface area contributed by atoms with Gasteiger partial charge >= 0.3 is 11.9 Å². The topological polar surface area (TPSA) is 299 Å². The van der Waals surface area contributed by atoms with Crippen LogP contribution in [-0.4, -0.2) is 172 Å². The summed E-state index contributed by atoms with van der Waals surface area (Å²) >= 11 is 0. The molecule has 54 heavy (non-hydrogen) atoms. The predicted molar refractivity (Wildman–Crippen MR) is 173 cm³/mol. The minimum absolute atomic E-state index is 0.0687. The van der Waals surface area contributed by atoms with Gasteiger partial charge in [0.2, 0.25) is 12.6 Å². The van der Waals surface area contributed by atoms with E-state index in [1.54, 1.807) is 6.92 Å². The number of aliphatic hydroxyl groups excluding tert-OH is 9. The zero-order valence-corrected chi connectivity index (χ0v) is 29.8. The summed E-state index contributed by atoms with van der Waals surface area (Å²) in [6.07, 6.45) is -17.4. The second-order valence-electron chi connectivity index (χ2n) is 13.9. The van der Waals surface area contributed by atoms with Crippen LogP contribution in [0.5, 0.6) is 0 Å². The quantitative estimate of drug-likeness (QED) is 0.0493. The number of aliphatic hydroxyl groups is 9. The van der Waals surface area contributed by atoms with Crippen molar-refractivity contribution in [1.82, 2.24) is 0 Å². The predicted octanol–water partition coefficient (Wildman–Crippen LogP) is -3.77. The van der Waals surface area contributed by atoms with Gasteiger partial charge in [0.15, 0.2) is 18.9 Å². The van der Waals surface area contributed by atoms with Crippen molar-refractivity contribution >= 4 is 11.9 Å². The van der Waals surface area contributed by atoms with Crippen LogP contribution < -0.4 is 0 Å². The Bertz CT molecular complexity index is 1370. The fourth-order valence-corrected chi connectivity index (χ4v) is 7.66. The fourth-order valence-electron chi connectivity index (χ4n) is 7.66. The van der Waals surface area contributed by atoms with E-state index >= 15 is 0 Å². The van der Waals surface area contributed by atoms with Gasteiger partial charge in [0.25, 0.3) is 0 Å². The van der Waals surface area contributed by atoms with Crippen molar-refractivity contribution in [3.8, 4) is 0 Å². The molecule has 19 atom stereocenters. The highest BCUT2D eigenvalue weighted by atomic mass is 16.8. The van der Waals surface area contributed by atoms with Crippen molar-refractivity contribution in [3.63, 3.8) is 0 Å². The molecule has 4 aliphatic heterocycles. The highest BCUT2D eigenvalue weighted by Crippen LogP contribution is 2.49. The first-order chi connectivity index (χ1) is 25.7. The number of ether oxygens (including phenoxy) is 9. The first-order valence-electron chi connectivity index (χ1n) is 17.5. The SMILES string of the molecule is C=C[C@H]1[C@H](O[C@@H]2O[C@H](CO)[C@@H](O)[C@H](O)[C@H]2O)OC=C(C(=O)O[C@H]2C[C@@H]3C(C(=O)OC)=CO[C@@H](O[C@@H]4O[C@H](CO)[C@@H](O)[C@H](O)[C@H]4O)[C@@H]3[C@H]2C)[C@H]1C[C@@H](O)OC. The van der Waals surface area contributed by atoms with Crippen molar-refractivity contribution < 1.29 is 98.2 Å². The molecule has 9 N–H and O–H groups in total. The zero-order chi connectivity index (χ0) is 39.6. The molecule has 3 fully saturated rings. The molecule has 5 rings (SSSR count). The maximum absolute atomic E-state index is 14.0. The molecule has 0 aromatic rings. The highest BCUT2D eigenvalue weighted by molar-refractivity contribution is 5.90. The van der Waals surface area contributed by atoms with E-state index < -0.39 is 141 Å². The van der Waals surface area contributed by atoms with E-state index in [-0.39, 0.29) is 24.0 Å². The van der Waals surface area contributed by atoms with Gasteiger partial charge in [-0.15, -0.1) is 6.58 Å². The largest absolute Gasteiger partial charge is 0.472 e. The van der Waals surface area contributed by atoms with E-state index in [1.807, 2.05) is 0 Å². The van der Waals surface area contributed by atoms with Gasteiger partial charge in [-0.2, -0.15) is 0 Å². The molecular weight excluding hydrogens is 728 g/mol. The van der Waals surface area contributed by atoms with Gasteiger partial charge in [-0.1, -0.05) is 13.0 Å². The number of methoxy groups -OCH3 is 2. The summed E-state index contributed by atoms with van der Waals surface area (Å²) in [7, 11) is 2.43. The van der Waals surface area contributed by atoms with Crippen molar-refractivity contribution in [3.05, 3.63) is 36.3 Å². The number of hydrogen-bond acceptors (Lipinski definition) is 20. The molecule has 1 aliphatic carbocycles. The molecule has 20 nitrogen and oxygen atoms in total. The molecule has 0 radical (unpaired) electrons. The monoisotopic (exact) mass is 778 g/mol. The van der Waals surface area contributed by atoms with Crippen LogP contribution >= 0.6 is 0 Å². The average molecular weight is 779 g/mol. The van der Waals surface area contributed by atoms with E-state index in [9.17, 15) is 55.5 Å². The van der Waals surface area contributed by atoms with Gasteiger partial charge in [-0.3, -0.25) is 0 Å². The summed E-state index contributed by atoms with van der Waals surface area (Å²) in [5.41, 5.74) is 0.0450. The van der Waals surface area contributed by atoms with Crippen LogP contribution in [0.4, 0.5) is 0 Å². The molecule has 4 heterocycles. The van der Waals surface area contributed by atoms with Crippen LogP contribution in [0.1, 0.15) is 19.8 Å². The Morgan fingerprint density at radius 3 is 1.87 bits per heavy atom. The Balaban J connectivity index is 1.36. The molecule has 306 valence electrons. The maximum Gasteiger partial charge on any atom is 0.337 e. The van der Waals surface area contributed by atoms with Crippen molar-refractivity contribution in [2.45, 2.75) is 106 Å². The molecule has 5 aliphatic rings. The molecule has 0 amide bonds. The Labute approximate surface area is 309 Å². The third-order valence-electron chi connectivity index (χ3n) is 10.8. The lowest BCUT2D eigenvalue weighted by Crippen LogP contribution is -2.60. The summed E-state index contributed by atoms with van der Waals surface area (Å²) < 4.78 is 50.3. The van der Waals surface area contributed by atoms with Crippen LogP contribution in [0, 0.1) is 29.6 Å². The number of esters is 2. The summed E-state index contributed by atoms with van der Waals surface area (Å²) in [6.45, 7) is 4.13. The second-order valence-corrected chi connectivity index (χ2v) is 13.9. The lowest BCUT2D eigenvalue weighted by molar-refractivity contribution is -0.342. The molecule has 0 bridgehead atoms. The van der Waals surface area contributed by atoms with E-state index in [1.165, 1.54) is 20.3 Å². The minimum Gasteiger partial charge on any atom is -0.472 e. The van der Waals surface area contributed by atoms with E-state index in [2.05, 4.69) is 6.58 Å². The number of carbonyl (C=O) groups excluding carboxylic acids is 2. The fraction of sp³-hybridized carbons (Fsp3) is 0.765. The van der Waals surface area contributed by atoms with E-state index in [4.69, 9.17) is 42.6 Å². The molecule has 0 spiro atoms. The molecule has 0 unspecified atom stereocenters. The Hall–Kier alpha value is -2.80. The lowest BCUT2D eigenvalue weighted by Gasteiger charge is -2.43. The molecule has 1 saturated carbocycles. The van der Waals surface area contributed by atoms with Gasteiger partial charge < -0.3 is 88.6 Å². The van der Waals surface area contributed by atoms with Gasteiger partial charge in [0.1, 0.15) is 54.9 Å². The first kappa shape index (κ1) is 42.3. The van der Waals surface area contributed by atoms with Gasteiger partial charge in [-0.05, 0) is 6.42 Å². The van der Waals surface area contributed by atoms with Gasteiger partial charge in [-0.25, -0.2) is 9.59 Å². The molecule has 20 heteroatoms. The number of carbonyl (C=O) groups is 2. The average Bonchev–Trinajstić information content (AvgIpc) is 3.49. The van der Waals surface area contributed by atoms with Crippen molar-refractivity contribution in [2.75, 3.05) is 27.4 Å². The van der Waals surface area contributed by atoms with Crippen LogP contribution in [-0.2, 0) is 52.2 Å². The third-order valence-corrected chi connectivity index (χ3v) is 10.8. The third kappa shape index (κ3) is 8.32. The summed E-state index contributed by atoms with van der Waals surface area (Å²) in [6, 6.07) is 0. The zero-order valence-electron chi connectivity index (χ0n) is 29.8. The molecule has 2 saturated heterocycles. The molecular formula is C34H50O20. The van der Waals surface area contributed by atoms with Crippen LogP contribution in [0.25, 0.3) is 0 Å². The van der Waals surface area contributed by atoms with E-state index in [0.29, 0.717) is 0 Å². The van der Waals surface area contributed by atoms with Crippen LogP contribution in [0.3, 0.4) is 0 Å². The first-order valence-corrected chi connectivity index (χ1v) is 17.5. The Kier molecular flexibility index (Phi) is 14.1. The molecule has 0 aromatic carbocycles. The van der Waals surface area contributed by atoms with Crippen molar-refractivity contribution in [2.24, 2.45) is 29.6 Å². The number of rotatable bonds is 13. The minimum atomic E-state index is -1.76. The Morgan fingerprint density at radius 2 is 1.35 bits per heavy atom. The van der Waals surface area contributed by atoms with Crippen molar-refractivity contribution in [1.29, 1.82) is 0 Å². The van der Waals surface area contributed by atoms with Crippen LogP contribution in [0.2, 0.25) is 0 Å². The molecule has 0 aromatic heterocycles. The number of fused-ring (bicyclic) bond motifs is 1. The summed E-state index contributed by atoms with van der Waals surface area (Å²) in [5.74, 6) is -5.48. The lowest BCUT2D eigenvalue weighted by atomic mass is 9.81. The van der Waals surface area contributed by atoms with Gasteiger partial charge in [0, 0.05) is 43.1 Å². The summed E-state index contributed by atoms with van der Waals surface area (Å²) in [4.78, 5) is 26.8. The Morgan fingerprint density at radius 1 is 0.815 bits per heavy atom. The van der Waals surface area contributed by atoms with Gasteiger partial charge in [0.05, 0.1) is 44.0 Å². The summed E-state index contributed by atoms with van der Waals surface area (Å²) in [5, 5.41) is 91.7. The maximum atomic E-state index is 14.0. The standard InChI is InChI=1S/C34H50O20/c1-5-13-14(7-21(37)46-3)16(10-48-31(13)53-33-27(42)25(40)23(38)19(8-35)51-33)30(45)50-18-6-15-17(29(44)47-4)11-49-32(22(15)12(18)2)54-34-28(43)26(41)24(39)20(9-36)52-34/h5,10-15,18-28,31-43H,1,6-9H2,2-4H3/t12-,13+,14-,15+,18-,19+,20+,21-,22+,23+,24+,25-,26-,27+,28+,31-,32-,33-,34-/m0/s1. The second kappa shape index (κ2) is 18.0. The normalized spacial score (nSPS) is 44.1. The van der Waals surface area contributed by atoms with E-state index in [0.717, 1.165) is 12.5 Å². The highest BCUT2D eigenvalue weighted by Gasteiger charge is 2.55. The smallest absolute Gasteiger partial charge is 0.337 e.